The fourth-order valence-corrected chi connectivity index (χ4v) is 6.79. The van der Waals surface area contributed by atoms with E-state index < -0.39 is 8.80 Å². The van der Waals surface area contributed by atoms with Gasteiger partial charge in [0.05, 0.1) is 5.60 Å². The van der Waals surface area contributed by atoms with Crippen LogP contribution in [0.5, 0.6) is 0 Å². The van der Waals surface area contributed by atoms with Gasteiger partial charge < -0.3 is 18.0 Å². The van der Waals surface area contributed by atoms with Crippen LogP contribution in [0.15, 0.2) is 24.3 Å². The van der Waals surface area contributed by atoms with Gasteiger partial charge in [-0.05, 0) is 65.0 Å². The maximum Gasteiger partial charge on any atom is 0.500 e. The van der Waals surface area contributed by atoms with Gasteiger partial charge in [-0.2, -0.15) is 0 Å². The van der Waals surface area contributed by atoms with E-state index in [1.54, 1.807) is 7.11 Å². The quantitative estimate of drug-likeness (QED) is 0.146. The van der Waals surface area contributed by atoms with Gasteiger partial charge in [-0.3, -0.25) is 0 Å². The highest BCUT2D eigenvalue weighted by Crippen LogP contribution is 2.24. The second-order valence-electron chi connectivity index (χ2n) is 9.08. The van der Waals surface area contributed by atoms with Crippen LogP contribution < -0.4 is 0 Å². The monoisotopic (exact) mass is 466 g/mol. The number of methoxy groups -OCH3 is 1. The zero-order valence-electron chi connectivity index (χ0n) is 21.8. The van der Waals surface area contributed by atoms with Gasteiger partial charge in [-0.15, -0.1) is 0 Å². The molecule has 32 heavy (non-hydrogen) atoms. The van der Waals surface area contributed by atoms with Gasteiger partial charge in [0.2, 0.25) is 0 Å². The van der Waals surface area contributed by atoms with Gasteiger partial charge in [0.15, 0.2) is 0 Å². The molecule has 0 fully saturated rings. The molecule has 4 nitrogen and oxygen atoms in total. The first-order valence-corrected chi connectivity index (χ1v) is 14.9. The molecule has 0 amide bonds. The van der Waals surface area contributed by atoms with E-state index in [2.05, 4.69) is 38.1 Å². The lowest BCUT2D eigenvalue weighted by molar-refractivity contribution is 0.0192. The predicted octanol–water partition coefficient (Wildman–Crippen LogP) is 7.67. The molecule has 1 rings (SSSR count). The van der Waals surface area contributed by atoms with Crippen molar-refractivity contribution in [1.29, 1.82) is 0 Å². The molecule has 0 aliphatic heterocycles. The number of benzene rings is 1. The van der Waals surface area contributed by atoms with Crippen LogP contribution in [-0.4, -0.2) is 35.7 Å². The lowest BCUT2D eigenvalue weighted by Gasteiger charge is -2.28. The molecule has 186 valence electrons. The van der Waals surface area contributed by atoms with Crippen molar-refractivity contribution in [3.63, 3.8) is 0 Å². The van der Waals surface area contributed by atoms with Crippen LogP contribution in [-0.2, 0) is 30.0 Å². The van der Waals surface area contributed by atoms with Gasteiger partial charge in [-0.1, -0.05) is 69.2 Å². The number of hydrogen-bond acceptors (Lipinski definition) is 4. The molecule has 0 unspecified atom stereocenters. The number of ether oxygens (including phenoxy) is 1. The highest BCUT2D eigenvalue weighted by Gasteiger charge is 2.39. The van der Waals surface area contributed by atoms with E-state index >= 15 is 0 Å². The first-order valence-electron chi connectivity index (χ1n) is 13.0. The largest absolute Gasteiger partial charge is 0.500 e. The summed E-state index contributed by atoms with van der Waals surface area (Å²) in [5, 5.41) is 0. The van der Waals surface area contributed by atoms with Crippen molar-refractivity contribution in [3.05, 3.63) is 35.4 Å². The summed E-state index contributed by atoms with van der Waals surface area (Å²) < 4.78 is 23.4. The number of hydrogen-bond donors (Lipinski definition) is 0. The summed E-state index contributed by atoms with van der Waals surface area (Å²) in [6.07, 6.45) is 12.9. The Labute approximate surface area is 199 Å². The molecule has 0 aliphatic rings. The van der Waals surface area contributed by atoms with Crippen molar-refractivity contribution in [2.24, 2.45) is 0 Å². The Balaban J connectivity index is 2.08. The Morgan fingerprint density at radius 2 is 1.09 bits per heavy atom. The first kappa shape index (κ1) is 29.3. The Morgan fingerprint density at radius 1 is 0.656 bits per heavy atom. The Hall–Kier alpha value is -0.723. The highest BCUT2D eigenvalue weighted by atomic mass is 28.4. The number of unbranched alkanes of at least 4 members (excludes halogenated alkanes) is 8. The molecular weight excluding hydrogens is 416 g/mol. The zero-order chi connectivity index (χ0) is 23.7. The molecule has 0 spiro atoms. The smallest absolute Gasteiger partial charge is 0.374 e. The molecule has 0 atom stereocenters. The predicted molar refractivity (Wildman–Crippen MR) is 137 cm³/mol. The summed E-state index contributed by atoms with van der Waals surface area (Å²) in [5.74, 6) is 0. The van der Waals surface area contributed by atoms with E-state index in [0.29, 0.717) is 19.8 Å². The Bertz CT molecular complexity index is 557. The molecular formula is C27H50O4Si. The normalized spacial score (nSPS) is 12.4. The lowest BCUT2D eigenvalue weighted by Crippen LogP contribution is -2.45. The lowest BCUT2D eigenvalue weighted by atomic mass is 9.95. The van der Waals surface area contributed by atoms with Crippen molar-refractivity contribution in [2.45, 2.75) is 110 Å². The van der Waals surface area contributed by atoms with E-state index in [9.17, 15) is 0 Å². The minimum absolute atomic E-state index is 0.209. The standard InChI is InChI=1S/C27H50O4Si/c1-7-29-32(30-8-2,31-9-3)24-18-16-14-12-10-11-13-15-17-19-25-20-22-26(23-21-25)27(4,5)28-6/h20-23H,7-19,24H2,1-6H3. The number of aryl methyl sites for hydroxylation is 1. The third kappa shape index (κ3) is 11.4. The van der Waals surface area contributed by atoms with Gasteiger partial charge in [0, 0.05) is 33.0 Å². The molecule has 0 saturated carbocycles. The van der Waals surface area contributed by atoms with Crippen molar-refractivity contribution < 1.29 is 18.0 Å². The summed E-state index contributed by atoms with van der Waals surface area (Å²) in [4.78, 5) is 0. The van der Waals surface area contributed by atoms with Crippen LogP contribution in [0.1, 0.15) is 104 Å². The summed E-state index contributed by atoms with van der Waals surface area (Å²) >= 11 is 0. The van der Waals surface area contributed by atoms with Crippen LogP contribution in [0, 0.1) is 0 Å². The van der Waals surface area contributed by atoms with Gasteiger partial charge >= 0.3 is 8.80 Å². The summed E-state index contributed by atoms with van der Waals surface area (Å²) in [6, 6.07) is 9.89. The van der Waals surface area contributed by atoms with Gasteiger partial charge in [0.25, 0.3) is 0 Å². The second-order valence-corrected chi connectivity index (χ2v) is 11.8. The summed E-state index contributed by atoms with van der Waals surface area (Å²) in [7, 11) is -0.664. The average molecular weight is 467 g/mol. The van der Waals surface area contributed by atoms with E-state index in [1.807, 2.05) is 20.8 Å². The minimum Gasteiger partial charge on any atom is -0.374 e. The van der Waals surface area contributed by atoms with Crippen LogP contribution in [0.2, 0.25) is 6.04 Å². The number of rotatable bonds is 20. The van der Waals surface area contributed by atoms with Crippen LogP contribution in [0.3, 0.4) is 0 Å². The van der Waals surface area contributed by atoms with Crippen LogP contribution >= 0.6 is 0 Å². The minimum atomic E-state index is -2.43. The molecule has 0 N–H and O–H groups in total. The topological polar surface area (TPSA) is 36.9 Å². The van der Waals surface area contributed by atoms with Gasteiger partial charge in [0.1, 0.15) is 0 Å². The molecule has 0 aromatic heterocycles. The summed E-state index contributed by atoms with van der Waals surface area (Å²) in [5.41, 5.74) is 2.47. The van der Waals surface area contributed by atoms with E-state index in [0.717, 1.165) is 12.5 Å². The molecule has 1 aromatic rings. The third-order valence-electron chi connectivity index (χ3n) is 6.20. The molecule has 1 aromatic carbocycles. The molecule has 0 bridgehead atoms. The van der Waals surface area contributed by atoms with E-state index in [1.165, 1.54) is 68.9 Å². The Kier molecular flexibility index (Phi) is 15.4. The zero-order valence-corrected chi connectivity index (χ0v) is 22.8. The first-order chi connectivity index (χ1) is 15.4. The molecule has 0 saturated heterocycles. The average Bonchev–Trinajstić information content (AvgIpc) is 2.78. The maximum absolute atomic E-state index is 5.94. The van der Waals surface area contributed by atoms with E-state index in [-0.39, 0.29) is 5.60 Å². The highest BCUT2D eigenvalue weighted by molar-refractivity contribution is 6.60. The van der Waals surface area contributed by atoms with Crippen molar-refractivity contribution in [2.75, 3.05) is 26.9 Å². The maximum atomic E-state index is 5.94. The molecule has 0 radical (unpaired) electrons. The summed E-state index contributed by atoms with van der Waals surface area (Å²) in [6.45, 7) is 12.3. The molecule has 5 heteroatoms. The van der Waals surface area contributed by atoms with E-state index in [4.69, 9.17) is 18.0 Å². The second kappa shape index (κ2) is 16.8. The SMILES string of the molecule is CCO[Si](CCCCCCCCCCCc1ccc(C(C)(C)OC)cc1)(OCC)OCC. The van der Waals surface area contributed by atoms with Crippen molar-refractivity contribution in [1.82, 2.24) is 0 Å². The van der Waals surface area contributed by atoms with Crippen LogP contribution in [0.25, 0.3) is 0 Å². The molecule has 0 heterocycles. The van der Waals surface area contributed by atoms with Crippen molar-refractivity contribution >= 4 is 8.80 Å². The fourth-order valence-electron chi connectivity index (χ4n) is 4.10. The fraction of sp³-hybridized carbons (Fsp3) is 0.778. The molecule has 0 aliphatic carbocycles. The van der Waals surface area contributed by atoms with Gasteiger partial charge in [-0.25, -0.2) is 0 Å². The van der Waals surface area contributed by atoms with Crippen molar-refractivity contribution in [3.8, 4) is 0 Å². The van der Waals surface area contributed by atoms with Crippen LogP contribution in [0.4, 0.5) is 0 Å². The third-order valence-corrected chi connectivity index (χ3v) is 9.35. The Morgan fingerprint density at radius 3 is 1.53 bits per heavy atom.